The van der Waals surface area contributed by atoms with Gasteiger partial charge in [-0.05, 0) is 12.6 Å². The molecule has 0 aliphatic carbocycles. The molecule has 0 aliphatic rings. The normalized spacial score (nSPS) is 11.8. The lowest BCUT2D eigenvalue weighted by atomic mass is 10.1. The first-order chi connectivity index (χ1) is 7.78. The van der Waals surface area contributed by atoms with E-state index in [1.54, 1.807) is 24.3 Å². The fourth-order valence-corrected chi connectivity index (χ4v) is 1.46. The lowest BCUT2D eigenvalue weighted by molar-refractivity contribution is -0.144. The van der Waals surface area contributed by atoms with Crippen LogP contribution in [0.4, 0.5) is 13.2 Å². The predicted molar refractivity (Wildman–Crippen MR) is 59.8 cm³/mol. The summed E-state index contributed by atoms with van der Waals surface area (Å²) >= 11 is 0. The van der Waals surface area contributed by atoms with Crippen LogP contribution in [-0.4, -0.2) is 30.5 Å². The summed E-state index contributed by atoms with van der Waals surface area (Å²) in [5.74, 6) is -0.0554. The van der Waals surface area contributed by atoms with E-state index in [4.69, 9.17) is 11.1 Å². The quantitative estimate of drug-likeness (QED) is 0.629. The van der Waals surface area contributed by atoms with Crippen LogP contribution in [0.15, 0.2) is 24.3 Å². The summed E-state index contributed by atoms with van der Waals surface area (Å²) in [5.41, 5.74) is 6.59. The van der Waals surface area contributed by atoms with Crippen molar-refractivity contribution in [3.05, 3.63) is 35.4 Å². The van der Waals surface area contributed by atoms with Gasteiger partial charge in [0, 0.05) is 12.1 Å². The third-order valence-corrected chi connectivity index (χ3v) is 2.17. The molecule has 0 atom stereocenters. The molecule has 0 aliphatic heterocycles. The van der Waals surface area contributed by atoms with Crippen LogP contribution < -0.4 is 5.73 Å². The number of hydrogen-bond donors (Lipinski definition) is 2. The smallest absolute Gasteiger partial charge is 0.384 e. The molecule has 6 heteroatoms. The summed E-state index contributed by atoms with van der Waals surface area (Å²) in [4.78, 5) is 1.18. The minimum atomic E-state index is -4.19. The maximum atomic E-state index is 12.1. The number of nitrogens with one attached hydrogen (secondary N) is 1. The van der Waals surface area contributed by atoms with Gasteiger partial charge in [0.05, 0.1) is 6.54 Å². The van der Waals surface area contributed by atoms with Crippen LogP contribution in [0.2, 0.25) is 0 Å². The Morgan fingerprint density at radius 2 is 1.82 bits per heavy atom. The van der Waals surface area contributed by atoms with Crippen molar-refractivity contribution < 1.29 is 13.2 Å². The summed E-state index contributed by atoms with van der Waals surface area (Å²) < 4.78 is 36.3. The van der Waals surface area contributed by atoms with Crippen LogP contribution in [0.1, 0.15) is 11.1 Å². The van der Waals surface area contributed by atoms with Crippen molar-refractivity contribution in [2.45, 2.75) is 12.7 Å². The molecule has 3 N–H and O–H groups in total. The number of hydrogen-bond acceptors (Lipinski definition) is 2. The molecule has 0 amide bonds. The SMILES string of the molecule is CN(Cc1ccc(C(=N)N)cc1)CC(F)(F)F. The Morgan fingerprint density at radius 3 is 2.24 bits per heavy atom. The molecule has 0 radical (unpaired) electrons. The average molecular weight is 245 g/mol. The largest absolute Gasteiger partial charge is 0.401 e. The first kappa shape index (κ1) is 13.5. The fraction of sp³-hybridized carbons (Fsp3) is 0.364. The molecular weight excluding hydrogens is 231 g/mol. The molecular formula is C11H14F3N3. The lowest BCUT2D eigenvalue weighted by Crippen LogP contribution is -2.30. The topological polar surface area (TPSA) is 53.1 Å². The van der Waals surface area contributed by atoms with E-state index in [2.05, 4.69) is 0 Å². The Labute approximate surface area is 97.5 Å². The van der Waals surface area contributed by atoms with Crippen LogP contribution in [0.25, 0.3) is 0 Å². The van der Waals surface area contributed by atoms with Crippen LogP contribution in [0.5, 0.6) is 0 Å². The Hall–Kier alpha value is -1.56. The van der Waals surface area contributed by atoms with Gasteiger partial charge >= 0.3 is 6.18 Å². The third-order valence-electron chi connectivity index (χ3n) is 2.17. The van der Waals surface area contributed by atoms with Crippen molar-refractivity contribution >= 4 is 5.84 Å². The van der Waals surface area contributed by atoms with Crippen molar-refractivity contribution in [2.24, 2.45) is 5.73 Å². The summed E-state index contributed by atoms with van der Waals surface area (Å²) in [7, 11) is 1.41. The predicted octanol–water partition coefficient (Wildman–Crippen LogP) is 1.96. The second-order valence-corrected chi connectivity index (χ2v) is 3.90. The molecule has 0 fully saturated rings. The van der Waals surface area contributed by atoms with Gasteiger partial charge in [0.1, 0.15) is 5.84 Å². The number of amidine groups is 1. The number of halogens is 3. The van der Waals surface area contributed by atoms with Crippen LogP contribution in [0, 0.1) is 5.41 Å². The molecule has 0 bridgehead atoms. The molecule has 0 saturated heterocycles. The van der Waals surface area contributed by atoms with Crippen LogP contribution in [0.3, 0.4) is 0 Å². The highest BCUT2D eigenvalue weighted by molar-refractivity contribution is 5.94. The number of nitrogens with two attached hydrogens (primary N) is 1. The molecule has 0 aromatic heterocycles. The minimum absolute atomic E-state index is 0.0554. The first-order valence-corrected chi connectivity index (χ1v) is 4.96. The van der Waals surface area contributed by atoms with E-state index in [0.717, 1.165) is 5.56 Å². The van der Waals surface area contributed by atoms with Crippen molar-refractivity contribution in [1.82, 2.24) is 4.90 Å². The Kier molecular flexibility index (Phi) is 4.11. The molecule has 0 spiro atoms. The zero-order chi connectivity index (χ0) is 13.1. The summed E-state index contributed by atoms with van der Waals surface area (Å²) in [6, 6.07) is 6.59. The highest BCUT2D eigenvalue weighted by Crippen LogP contribution is 2.17. The molecule has 17 heavy (non-hydrogen) atoms. The van der Waals surface area contributed by atoms with E-state index in [-0.39, 0.29) is 12.4 Å². The fourth-order valence-electron chi connectivity index (χ4n) is 1.46. The maximum absolute atomic E-state index is 12.1. The highest BCUT2D eigenvalue weighted by Gasteiger charge is 2.28. The Morgan fingerprint density at radius 1 is 1.29 bits per heavy atom. The van der Waals surface area contributed by atoms with E-state index < -0.39 is 12.7 Å². The van der Waals surface area contributed by atoms with Gasteiger partial charge in [-0.2, -0.15) is 13.2 Å². The monoisotopic (exact) mass is 245 g/mol. The van der Waals surface area contributed by atoms with Crippen LogP contribution >= 0.6 is 0 Å². The first-order valence-electron chi connectivity index (χ1n) is 4.96. The van der Waals surface area contributed by atoms with Crippen molar-refractivity contribution in [2.75, 3.05) is 13.6 Å². The number of nitrogens with zero attached hydrogens (tertiary/aromatic N) is 1. The van der Waals surface area contributed by atoms with Gasteiger partial charge < -0.3 is 5.73 Å². The Balaban J connectivity index is 2.60. The molecule has 1 aromatic carbocycles. The molecule has 0 unspecified atom stereocenters. The van der Waals surface area contributed by atoms with E-state index >= 15 is 0 Å². The molecule has 94 valence electrons. The van der Waals surface area contributed by atoms with E-state index in [9.17, 15) is 13.2 Å². The molecule has 0 heterocycles. The molecule has 1 aromatic rings. The van der Waals surface area contributed by atoms with Gasteiger partial charge in [-0.3, -0.25) is 10.3 Å². The van der Waals surface area contributed by atoms with E-state index in [0.29, 0.717) is 5.56 Å². The van der Waals surface area contributed by atoms with Crippen molar-refractivity contribution in [3.63, 3.8) is 0 Å². The summed E-state index contributed by atoms with van der Waals surface area (Å²) in [5, 5.41) is 7.18. The van der Waals surface area contributed by atoms with Crippen molar-refractivity contribution in [1.29, 1.82) is 5.41 Å². The molecule has 0 saturated carbocycles. The summed E-state index contributed by atoms with van der Waals surface area (Å²) in [6.07, 6.45) is -4.19. The zero-order valence-electron chi connectivity index (χ0n) is 9.38. The number of benzene rings is 1. The maximum Gasteiger partial charge on any atom is 0.401 e. The zero-order valence-corrected chi connectivity index (χ0v) is 9.38. The van der Waals surface area contributed by atoms with Gasteiger partial charge in [0.15, 0.2) is 0 Å². The van der Waals surface area contributed by atoms with Gasteiger partial charge in [-0.15, -0.1) is 0 Å². The number of nitrogen functional groups attached to an aromatic ring is 1. The second kappa shape index (κ2) is 5.18. The van der Waals surface area contributed by atoms with E-state index in [1.165, 1.54) is 11.9 Å². The third kappa shape index (κ3) is 4.86. The number of rotatable bonds is 4. The lowest BCUT2D eigenvalue weighted by Gasteiger charge is -2.18. The molecule has 1 rings (SSSR count). The minimum Gasteiger partial charge on any atom is -0.384 e. The van der Waals surface area contributed by atoms with Gasteiger partial charge in [-0.1, -0.05) is 24.3 Å². The van der Waals surface area contributed by atoms with Crippen molar-refractivity contribution in [3.8, 4) is 0 Å². The van der Waals surface area contributed by atoms with Gasteiger partial charge in [0.25, 0.3) is 0 Å². The van der Waals surface area contributed by atoms with Gasteiger partial charge in [0.2, 0.25) is 0 Å². The van der Waals surface area contributed by atoms with Crippen LogP contribution in [-0.2, 0) is 6.54 Å². The second-order valence-electron chi connectivity index (χ2n) is 3.90. The standard InChI is InChI=1S/C11H14F3N3/c1-17(7-11(12,13)14)6-8-2-4-9(5-3-8)10(15)16/h2-5H,6-7H2,1H3,(H3,15,16). The summed E-state index contributed by atoms with van der Waals surface area (Å²) in [6.45, 7) is -0.737. The van der Waals surface area contributed by atoms with Gasteiger partial charge in [-0.25, -0.2) is 0 Å². The highest BCUT2D eigenvalue weighted by atomic mass is 19.4. The number of alkyl halides is 3. The molecule has 3 nitrogen and oxygen atoms in total. The Bertz CT molecular complexity index is 384. The average Bonchev–Trinajstić information content (AvgIpc) is 2.15. The van der Waals surface area contributed by atoms with E-state index in [1.807, 2.05) is 0 Å².